The van der Waals surface area contributed by atoms with Crippen LogP contribution in [0.5, 0.6) is 0 Å². The Kier molecular flexibility index (Phi) is 4.45. The first-order valence-electron chi connectivity index (χ1n) is 6.67. The molecule has 0 radical (unpaired) electrons. The van der Waals surface area contributed by atoms with Gasteiger partial charge in [-0.25, -0.2) is 0 Å². The van der Waals surface area contributed by atoms with Gasteiger partial charge >= 0.3 is 0 Å². The summed E-state index contributed by atoms with van der Waals surface area (Å²) in [6.07, 6.45) is 8.72. The molecule has 0 spiro atoms. The molecule has 15 heavy (non-hydrogen) atoms. The van der Waals surface area contributed by atoms with E-state index in [1.165, 1.54) is 45.1 Å². The topological polar surface area (TPSA) is 21.3 Å². The quantitative estimate of drug-likeness (QED) is 0.682. The maximum Gasteiger partial charge on any atom is 0.0594 e. The highest BCUT2D eigenvalue weighted by molar-refractivity contribution is 4.75. The van der Waals surface area contributed by atoms with E-state index in [4.69, 9.17) is 4.74 Å². The first-order valence-corrected chi connectivity index (χ1v) is 6.67. The lowest BCUT2D eigenvalue weighted by Gasteiger charge is -2.26. The second kappa shape index (κ2) is 5.86. The lowest BCUT2D eigenvalue weighted by molar-refractivity contribution is 0.0216. The molecule has 0 amide bonds. The zero-order valence-corrected chi connectivity index (χ0v) is 10.0. The minimum atomic E-state index is 0.559. The van der Waals surface area contributed by atoms with Crippen molar-refractivity contribution in [3.8, 4) is 0 Å². The molecule has 2 fully saturated rings. The van der Waals surface area contributed by atoms with Crippen LogP contribution in [0.4, 0.5) is 0 Å². The fourth-order valence-electron chi connectivity index (χ4n) is 2.32. The van der Waals surface area contributed by atoms with Crippen LogP contribution >= 0.6 is 0 Å². The molecule has 0 aromatic rings. The average Bonchev–Trinajstić information content (AvgIpc) is 3.04. The van der Waals surface area contributed by atoms with Crippen molar-refractivity contribution < 1.29 is 4.74 Å². The second-order valence-corrected chi connectivity index (χ2v) is 5.40. The molecule has 0 bridgehead atoms. The summed E-state index contributed by atoms with van der Waals surface area (Å²) in [5.74, 6) is 1.92. The maximum absolute atomic E-state index is 5.87. The number of hydrogen-bond donors (Lipinski definition) is 1. The van der Waals surface area contributed by atoms with Crippen LogP contribution in [0.25, 0.3) is 0 Å². The summed E-state index contributed by atoms with van der Waals surface area (Å²) >= 11 is 0. The Bertz CT molecular complexity index is 171. The van der Waals surface area contributed by atoms with E-state index in [1.54, 1.807) is 0 Å². The highest BCUT2D eigenvalue weighted by atomic mass is 16.5. The molecule has 88 valence electrons. The molecule has 2 aliphatic carbocycles. The van der Waals surface area contributed by atoms with E-state index >= 15 is 0 Å². The number of hydrogen-bond acceptors (Lipinski definition) is 2. The van der Waals surface area contributed by atoms with Crippen LogP contribution in [-0.4, -0.2) is 25.8 Å². The minimum Gasteiger partial charge on any atom is -0.377 e. The first-order chi connectivity index (χ1) is 7.34. The van der Waals surface area contributed by atoms with Gasteiger partial charge in [-0.15, -0.1) is 0 Å². The molecule has 0 saturated heterocycles. The van der Waals surface area contributed by atoms with Gasteiger partial charge in [0.2, 0.25) is 0 Å². The van der Waals surface area contributed by atoms with Gasteiger partial charge in [0, 0.05) is 6.54 Å². The average molecular weight is 211 g/mol. The molecule has 2 nitrogen and oxygen atoms in total. The minimum absolute atomic E-state index is 0.559. The highest BCUT2D eigenvalue weighted by Crippen LogP contribution is 2.27. The van der Waals surface area contributed by atoms with E-state index in [0.717, 1.165) is 25.0 Å². The van der Waals surface area contributed by atoms with E-state index < -0.39 is 0 Å². The van der Waals surface area contributed by atoms with Gasteiger partial charge in [0.15, 0.2) is 0 Å². The smallest absolute Gasteiger partial charge is 0.0594 e. The second-order valence-electron chi connectivity index (χ2n) is 5.40. The third kappa shape index (κ3) is 4.52. The molecular formula is C13H25NO. The van der Waals surface area contributed by atoms with E-state index in [1.807, 2.05) is 0 Å². The van der Waals surface area contributed by atoms with Crippen molar-refractivity contribution in [1.82, 2.24) is 5.32 Å². The molecule has 2 heteroatoms. The molecule has 2 aliphatic rings. The Balaban J connectivity index is 1.43. The number of nitrogens with one attached hydrogen (secondary N) is 1. The fraction of sp³-hybridized carbons (Fsp3) is 1.00. The summed E-state index contributed by atoms with van der Waals surface area (Å²) in [5.41, 5.74) is 0. The molecule has 0 aliphatic heterocycles. The van der Waals surface area contributed by atoms with Crippen molar-refractivity contribution in [2.75, 3.05) is 19.7 Å². The molecule has 2 rings (SSSR count). The SMILES string of the molecule is CC1CCC(OCCNCC2CC2)CC1. The third-order valence-electron chi connectivity index (χ3n) is 3.73. The Labute approximate surface area is 93.8 Å². The standard InChI is InChI=1S/C13H25NO/c1-11-2-6-13(7-3-11)15-9-8-14-10-12-4-5-12/h11-14H,2-10H2,1H3. The van der Waals surface area contributed by atoms with E-state index in [0.29, 0.717) is 6.10 Å². The van der Waals surface area contributed by atoms with Gasteiger partial charge in [0.1, 0.15) is 0 Å². The van der Waals surface area contributed by atoms with E-state index in [9.17, 15) is 0 Å². The van der Waals surface area contributed by atoms with Crippen molar-refractivity contribution in [3.05, 3.63) is 0 Å². The van der Waals surface area contributed by atoms with Crippen LogP contribution in [0.15, 0.2) is 0 Å². The van der Waals surface area contributed by atoms with Gasteiger partial charge in [-0.3, -0.25) is 0 Å². The first kappa shape index (κ1) is 11.4. The van der Waals surface area contributed by atoms with Crippen LogP contribution in [0.2, 0.25) is 0 Å². The monoisotopic (exact) mass is 211 g/mol. The zero-order chi connectivity index (χ0) is 10.5. The predicted octanol–water partition coefficient (Wildman–Crippen LogP) is 2.58. The van der Waals surface area contributed by atoms with Crippen molar-refractivity contribution in [2.24, 2.45) is 11.8 Å². The summed E-state index contributed by atoms with van der Waals surface area (Å²) < 4.78 is 5.87. The van der Waals surface area contributed by atoms with Gasteiger partial charge in [-0.1, -0.05) is 6.92 Å². The van der Waals surface area contributed by atoms with Gasteiger partial charge in [0.05, 0.1) is 12.7 Å². The van der Waals surface area contributed by atoms with Gasteiger partial charge in [0.25, 0.3) is 0 Å². The molecule has 0 heterocycles. The summed E-state index contributed by atoms with van der Waals surface area (Å²) in [7, 11) is 0. The predicted molar refractivity (Wildman–Crippen MR) is 63.0 cm³/mol. The third-order valence-corrected chi connectivity index (χ3v) is 3.73. The Morgan fingerprint density at radius 1 is 1.07 bits per heavy atom. The van der Waals surface area contributed by atoms with Crippen molar-refractivity contribution in [2.45, 2.75) is 51.6 Å². The van der Waals surface area contributed by atoms with Crippen molar-refractivity contribution in [3.63, 3.8) is 0 Å². The van der Waals surface area contributed by atoms with Crippen LogP contribution < -0.4 is 5.32 Å². The number of ether oxygens (including phenoxy) is 1. The molecule has 0 atom stereocenters. The van der Waals surface area contributed by atoms with Crippen LogP contribution in [0, 0.1) is 11.8 Å². The lowest BCUT2D eigenvalue weighted by atomic mass is 9.89. The van der Waals surface area contributed by atoms with Gasteiger partial charge in [-0.2, -0.15) is 0 Å². The lowest BCUT2D eigenvalue weighted by Crippen LogP contribution is -2.26. The largest absolute Gasteiger partial charge is 0.377 e. The Morgan fingerprint density at radius 2 is 1.80 bits per heavy atom. The van der Waals surface area contributed by atoms with Crippen LogP contribution in [0.1, 0.15) is 45.4 Å². The van der Waals surface area contributed by atoms with Gasteiger partial charge in [-0.05, 0) is 56.9 Å². The van der Waals surface area contributed by atoms with Crippen LogP contribution in [-0.2, 0) is 4.74 Å². The van der Waals surface area contributed by atoms with Crippen LogP contribution in [0.3, 0.4) is 0 Å². The summed E-state index contributed by atoms with van der Waals surface area (Å²) in [6, 6.07) is 0. The Morgan fingerprint density at radius 3 is 2.47 bits per heavy atom. The molecule has 0 aromatic heterocycles. The van der Waals surface area contributed by atoms with E-state index in [2.05, 4.69) is 12.2 Å². The maximum atomic E-state index is 5.87. The molecule has 1 N–H and O–H groups in total. The highest BCUT2D eigenvalue weighted by Gasteiger charge is 2.20. The summed E-state index contributed by atoms with van der Waals surface area (Å²) in [5, 5.41) is 3.47. The molecule has 2 saturated carbocycles. The fourth-order valence-corrected chi connectivity index (χ4v) is 2.32. The van der Waals surface area contributed by atoms with Gasteiger partial charge < -0.3 is 10.1 Å². The molecule has 0 unspecified atom stereocenters. The zero-order valence-electron chi connectivity index (χ0n) is 10.0. The summed E-state index contributed by atoms with van der Waals surface area (Å²) in [6.45, 7) is 5.52. The molecular weight excluding hydrogens is 186 g/mol. The molecule has 0 aromatic carbocycles. The van der Waals surface area contributed by atoms with Crippen molar-refractivity contribution in [1.29, 1.82) is 0 Å². The van der Waals surface area contributed by atoms with Crippen molar-refractivity contribution >= 4 is 0 Å². The summed E-state index contributed by atoms with van der Waals surface area (Å²) in [4.78, 5) is 0. The number of rotatable bonds is 6. The normalized spacial score (nSPS) is 31.8. The van der Waals surface area contributed by atoms with E-state index in [-0.39, 0.29) is 0 Å². The Hall–Kier alpha value is -0.0800.